The Morgan fingerprint density at radius 3 is 2.40 bits per heavy atom. The fourth-order valence-electron chi connectivity index (χ4n) is 1.34. The van der Waals surface area contributed by atoms with Crippen LogP contribution in [0.1, 0.15) is 20.3 Å². The smallest absolute Gasteiger partial charge is 0.146 e. The maximum Gasteiger partial charge on any atom is 0.146 e. The number of hydrogen-bond donors (Lipinski definition) is 0. The molecule has 10 heavy (non-hydrogen) atoms. The van der Waals surface area contributed by atoms with Crippen LogP contribution < -0.4 is 0 Å². The molecule has 0 aliphatic carbocycles. The standard InChI is InChI=1S/C8H16O2/c1-7(2)3-8-4-9-6-10-5-8/h7-8H,3-6H2,1-2H3. The highest BCUT2D eigenvalue weighted by Gasteiger charge is 2.14. The van der Waals surface area contributed by atoms with Gasteiger partial charge in [0.2, 0.25) is 0 Å². The Bertz CT molecular complexity index is 85.3. The third kappa shape index (κ3) is 2.67. The van der Waals surface area contributed by atoms with Crippen molar-refractivity contribution in [3.8, 4) is 0 Å². The molecule has 0 aromatic heterocycles. The minimum Gasteiger partial charge on any atom is -0.355 e. The quantitative estimate of drug-likeness (QED) is 0.586. The van der Waals surface area contributed by atoms with Crippen molar-refractivity contribution < 1.29 is 9.47 Å². The van der Waals surface area contributed by atoms with Gasteiger partial charge in [-0.05, 0) is 12.3 Å². The summed E-state index contributed by atoms with van der Waals surface area (Å²) in [7, 11) is 0. The molecule has 0 bridgehead atoms. The van der Waals surface area contributed by atoms with E-state index in [-0.39, 0.29) is 0 Å². The molecule has 1 fully saturated rings. The lowest BCUT2D eigenvalue weighted by atomic mass is 9.98. The average molecular weight is 144 g/mol. The van der Waals surface area contributed by atoms with Gasteiger partial charge in [0.25, 0.3) is 0 Å². The van der Waals surface area contributed by atoms with Crippen molar-refractivity contribution in [2.75, 3.05) is 20.0 Å². The maximum atomic E-state index is 5.16. The fraction of sp³-hybridized carbons (Fsp3) is 1.00. The van der Waals surface area contributed by atoms with Gasteiger partial charge in [-0.1, -0.05) is 13.8 Å². The molecule has 1 saturated heterocycles. The molecule has 1 aliphatic rings. The van der Waals surface area contributed by atoms with Crippen LogP contribution >= 0.6 is 0 Å². The summed E-state index contributed by atoms with van der Waals surface area (Å²) in [6.07, 6.45) is 1.22. The molecule has 2 nitrogen and oxygen atoms in total. The molecular weight excluding hydrogens is 128 g/mol. The van der Waals surface area contributed by atoms with Gasteiger partial charge in [0, 0.05) is 5.92 Å². The van der Waals surface area contributed by atoms with Gasteiger partial charge in [-0.25, -0.2) is 0 Å². The van der Waals surface area contributed by atoms with Crippen molar-refractivity contribution in [3.05, 3.63) is 0 Å². The van der Waals surface area contributed by atoms with E-state index in [0.29, 0.717) is 12.7 Å². The largest absolute Gasteiger partial charge is 0.355 e. The van der Waals surface area contributed by atoms with Crippen LogP contribution in [0.15, 0.2) is 0 Å². The topological polar surface area (TPSA) is 18.5 Å². The molecule has 0 radical (unpaired) electrons. The van der Waals surface area contributed by atoms with E-state index in [1.807, 2.05) is 0 Å². The van der Waals surface area contributed by atoms with Gasteiger partial charge in [0.1, 0.15) is 6.79 Å². The number of rotatable bonds is 2. The van der Waals surface area contributed by atoms with Crippen LogP contribution in [0.4, 0.5) is 0 Å². The van der Waals surface area contributed by atoms with Crippen molar-refractivity contribution in [2.24, 2.45) is 11.8 Å². The zero-order chi connectivity index (χ0) is 7.40. The molecule has 0 N–H and O–H groups in total. The van der Waals surface area contributed by atoms with Crippen LogP contribution in [0, 0.1) is 11.8 Å². The van der Waals surface area contributed by atoms with Crippen molar-refractivity contribution in [1.29, 1.82) is 0 Å². The molecule has 0 unspecified atom stereocenters. The second kappa shape index (κ2) is 3.94. The van der Waals surface area contributed by atoms with Crippen molar-refractivity contribution in [3.63, 3.8) is 0 Å². The maximum absolute atomic E-state index is 5.16. The average Bonchev–Trinajstić information content (AvgIpc) is 1.88. The summed E-state index contributed by atoms with van der Waals surface area (Å²) in [4.78, 5) is 0. The third-order valence-electron chi connectivity index (χ3n) is 1.68. The predicted octanol–water partition coefficient (Wildman–Crippen LogP) is 1.65. The van der Waals surface area contributed by atoms with Crippen molar-refractivity contribution >= 4 is 0 Å². The van der Waals surface area contributed by atoms with E-state index in [1.54, 1.807) is 0 Å². The molecule has 1 aliphatic heterocycles. The SMILES string of the molecule is CC(C)CC1COCOC1. The summed E-state index contributed by atoms with van der Waals surface area (Å²) in [6, 6.07) is 0. The molecule has 0 aromatic carbocycles. The van der Waals surface area contributed by atoms with Gasteiger partial charge in [0.15, 0.2) is 0 Å². The van der Waals surface area contributed by atoms with Gasteiger partial charge in [-0.3, -0.25) is 0 Å². The Balaban J connectivity index is 2.13. The minimum absolute atomic E-state index is 0.495. The van der Waals surface area contributed by atoms with Crippen LogP contribution in [-0.2, 0) is 9.47 Å². The normalized spacial score (nSPS) is 21.9. The Morgan fingerprint density at radius 1 is 1.30 bits per heavy atom. The van der Waals surface area contributed by atoms with Crippen LogP contribution in [0.2, 0.25) is 0 Å². The first kappa shape index (κ1) is 8.02. The highest BCUT2D eigenvalue weighted by atomic mass is 16.7. The van der Waals surface area contributed by atoms with Gasteiger partial charge in [-0.2, -0.15) is 0 Å². The van der Waals surface area contributed by atoms with Gasteiger partial charge in [-0.15, -0.1) is 0 Å². The van der Waals surface area contributed by atoms with Gasteiger partial charge in [0.05, 0.1) is 13.2 Å². The zero-order valence-corrected chi connectivity index (χ0v) is 6.80. The molecule has 0 spiro atoms. The first-order valence-corrected chi connectivity index (χ1v) is 3.94. The Morgan fingerprint density at radius 2 is 1.90 bits per heavy atom. The molecule has 0 saturated carbocycles. The molecule has 0 amide bonds. The van der Waals surface area contributed by atoms with Gasteiger partial charge >= 0.3 is 0 Å². The molecule has 0 aromatic rings. The summed E-state index contributed by atoms with van der Waals surface area (Å²) in [6.45, 7) is 6.73. The number of hydrogen-bond acceptors (Lipinski definition) is 2. The highest BCUT2D eigenvalue weighted by molar-refractivity contribution is 4.61. The third-order valence-corrected chi connectivity index (χ3v) is 1.68. The first-order chi connectivity index (χ1) is 4.79. The van der Waals surface area contributed by atoms with Crippen LogP contribution in [0.25, 0.3) is 0 Å². The molecule has 0 atom stereocenters. The fourth-order valence-corrected chi connectivity index (χ4v) is 1.34. The summed E-state index contributed by atoms with van der Waals surface area (Å²) in [5.74, 6) is 1.39. The number of ether oxygens (including phenoxy) is 2. The second-order valence-corrected chi connectivity index (χ2v) is 3.36. The highest BCUT2D eigenvalue weighted by Crippen LogP contribution is 2.15. The Hall–Kier alpha value is -0.0800. The Labute approximate surface area is 62.5 Å². The van der Waals surface area contributed by atoms with Crippen LogP contribution in [0.3, 0.4) is 0 Å². The lowest BCUT2D eigenvalue weighted by Crippen LogP contribution is -2.25. The summed E-state index contributed by atoms with van der Waals surface area (Å²) in [5.41, 5.74) is 0. The molecule has 1 rings (SSSR count). The summed E-state index contributed by atoms with van der Waals surface area (Å²) >= 11 is 0. The lowest BCUT2D eigenvalue weighted by molar-refractivity contribution is -0.128. The van der Waals surface area contributed by atoms with E-state index in [0.717, 1.165) is 19.1 Å². The molecular formula is C8H16O2. The monoisotopic (exact) mass is 144 g/mol. The van der Waals surface area contributed by atoms with Crippen LogP contribution in [-0.4, -0.2) is 20.0 Å². The van der Waals surface area contributed by atoms with Crippen molar-refractivity contribution in [1.82, 2.24) is 0 Å². The lowest BCUT2D eigenvalue weighted by Gasteiger charge is -2.23. The predicted molar refractivity (Wildman–Crippen MR) is 39.7 cm³/mol. The first-order valence-electron chi connectivity index (χ1n) is 3.94. The van der Waals surface area contributed by atoms with E-state index in [1.165, 1.54) is 6.42 Å². The van der Waals surface area contributed by atoms with E-state index in [4.69, 9.17) is 9.47 Å². The Kier molecular flexibility index (Phi) is 3.16. The van der Waals surface area contributed by atoms with Crippen molar-refractivity contribution in [2.45, 2.75) is 20.3 Å². The van der Waals surface area contributed by atoms with E-state index < -0.39 is 0 Å². The zero-order valence-electron chi connectivity index (χ0n) is 6.80. The van der Waals surface area contributed by atoms with Crippen LogP contribution in [0.5, 0.6) is 0 Å². The summed E-state index contributed by atoms with van der Waals surface area (Å²) < 4.78 is 10.3. The second-order valence-electron chi connectivity index (χ2n) is 3.36. The molecule has 1 heterocycles. The van der Waals surface area contributed by atoms with Gasteiger partial charge < -0.3 is 9.47 Å². The van der Waals surface area contributed by atoms with E-state index in [9.17, 15) is 0 Å². The molecule has 60 valence electrons. The summed E-state index contributed by atoms with van der Waals surface area (Å²) in [5, 5.41) is 0. The minimum atomic E-state index is 0.495. The molecule has 2 heteroatoms. The van der Waals surface area contributed by atoms with E-state index >= 15 is 0 Å². The van der Waals surface area contributed by atoms with E-state index in [2.05, 4.69) is 13.8 Å².